The highest BCUT2D eigenvalue weighted by Crippen LogP contribution is 2.44. The maximum atomic E-state index is 12.6. The number of allylic oxidation sites excluding steroid dienone is 5. The van der Waals surface area contributed by atoms with Gasteiger partial charge in [0.15, 0.2) is 6.10 Å². The smallest absolute Gasteiger partial charge is 0.462 e. The van der Waals surface area contributed by atoms with Crippen molar-refractivity contribution in [1.29, 1.82) is 0 Å². The van der Waals surface area contributed by atoms with Crippen LogP contribution in [0.5, 0.6) is 0 Å². The van der Waals surface area contributed by atoms with Crippen molar-refractivity contribution in [2.75, 3.05) is 26.4 Å². The molecule has 1 saturated heterocycles. The number of hydrogen-bond donors (Lipinski definition) is 4. The lowest BCUT2D eigenvalue weighted by Gasteiger charge is -2.20. The summed E-state index contributed by atoms with van der Waals surface area (Å²) in [6.45, 7) is 3.91. The first-order chi connectivity index (χ1) is 26.7. The summed E-state index contributed by atoms with van der Waals surface area (Å²) in [5.41, 5.74) is 0. The van der Waals surface area contributed by atoms with Gasteiger partial charge in [-0.1, -0.05) is 128 Å². The number of ether oxygens (including phenoxy) is 3. The molecule has 14 nitrogen and oxygen atoms in total. The fourth-order valence-electron chi connectivity index (χ4n) is 5.62. The minimum Gasteiger partial charge on any atom is -0.462 e. The zero-order valence-corrected chi connectivity index (χ0v) is 35.9. The van der Waals surface area contributed by atoms with Crippen LogP contribution >= 0.6 is 15.6 Å². The lowest BCUT2D eigenvalue weighted by atomic mass is 10.0. The Hall–Kier alpha value is -1.70. The molecule has 4 N–H and O–H groups in total. The van der Waals surface area contributed by atoms with Gasteiger partial charge in [0.1, 0.15) is 12.7 Å². The molecule has 0 spiro atoms. The predicted molar refractivity (Wildman–Crippen MR) is 216 cm³/mol. The zero-order valence-electron chi connectivity index (χ0n) is 34.1. The summed E-state index contributed by atoms with van der Waals surface area (Å²) >= 11 is 0. The average Bonchev–Trinajstić information content (AvgIpc) is 3.89. The molecular formula is C40H72O14P2. The summed E-state index contributed by atoms with van der Waals surface area (Å²) in [6.07, 6.45) is 29.2. The summed E-state index contributed by atoms with van der Waals surface area (Å²) in [5.74, 6) is -0.365. The van der Waals surface area contributed by atoms with Crippen molar-refractivity contribution in [2.45, 2.75) is 174 Å². The van der Waals surface area contributed by atoms with Crippen molar-refractivity contribution in [2.24, 2.45) is 5.92 Å². The number of carbonyl (C=O) groups excluding carboxylic acids is 2. The van der Waals surface area contributed by atoms with Crippen LogP contribution in [0.2, 0.25) is 0 Å². The summed E-state index contributed by atoms with van der Waals surface area (Å²) in [6, 6.07) is 0. The minimum absolute atomic E-state index is 0.0519. The highest BCUT2D eigenvalue weighted by molar-refractivity contribution is 7.47. The number of aliphatic hydroxyl groups excluding tert-OH is 1. The fourth-order valence-corrected chi connectivity index (χ4v) is 6.77. The van der Waals surface area contributed by atoms with Gasteiger partial charge in [-0.05, 0) is 50.9 Å². The van der Waals surface area contributed by atoms with Crippen LogP contribution < -0.4 is 0 Å². The van der Waals surface area contributed by atoms with Gasteiger partial charge in [0.25, 0.3) is 0 Å². The van der Waals surface area contributed by atoms with Crippen LogP contribution in [-0.2, 0) is 46.5 Å². The number of phosphoric ester groups is 2. The van der Waals surface area contributed by atoms with E-state index in [4.69, 9.17) is 28.5 Å². The van der Waals surface area contributed by atoms with Crippen molar-refractivity contribution < 1.29 is 66.3 Å². The molecule has 1 rings (SSSR count). The van der Waals surface area contributed by atoms with Crippen LogP contribution in [0, 0.1) is 5.92 Å². The molecule has 3 unspecified atom stereocenters. The summed E-state index contributed by atoms with van der Waals surface area (Å²) in [4.78, 5) is 52.5. The molecule has 0 radical (unpaired) electrons. The quantitative estimate of drug-likeness (QED) is 0.0151. The Morgan fingerprint density at radius 3 is 1.93 bits per heavy atom. The van der Waals surface area contributed by atoms with Crippen LogP contribution in [0.25, 0.3) is 0 Å². The van der Waals surface area contributed by atoms with Crippen molar-refractivity contribution in [3.8, 4) is 0 Å². The van der Waals surface area contributed by atoms with Gasteiger partial charge in [-0.3, -0.25) is 23.2 Å². The normalized spacial score (nSPS) is 18.2. The number of epoxide rings is 1. The predicted octanol–water partition coefficient (Wildman–Crippen LogP) is 8.96. The van der Waals surface area contributed by atoms with Crippen LogP contribution in [0.1, 0.15) is 149 Å². The second kappa shape index (κ2) is 32.2. The molecule has 326 valence electrons. The number of rotatable bonds is 37. The summed E-state index contributed by atoms with van der Waals surface area (Å²) < 4.78 is 53.3. The van der Waals surface area contributed by atoms with Crippen molar-refractivity contribution in [1.82, 2.24) is 0 Å². The number of phosphoric acid groups is 2. The molecular weight excluding hydrogens is 766 g/mol. The molecule has 1 aliphatic heterocycles. The Morgan fingerprint density at radius 2 is 1.27 bits per heavy atom. The third kappa shape index (κ3) is 33.3. The standard InChI is InChI=1S/C40H72O14P2/c1-4-5-20-26-37-38(54-37)27-22-17-13-8-6-7-9-15-19-24-29-40(43)53-36(33-52-56(47,48)51-31-35(41)30-50-55(44,45)46)32-49-39(42)28-23-18-14-11-10-12-16-21-25-34(2)3/h6,8-9,15,17,22,34-38,41H,4-5,7,10-14,16,18-21,23-33H2,1-3H3,(H,47,48)(H2,44,45,46)/b8-6-,15-9-,22-17-/t35-,36+,37?,38?/m0/s1. The molecule has 1 fully saturated rings. The number of carbonyl (C=O) groups is 2. The van der Waals surface area contributed by atoms with Crippen LogP contribution in [-0.4, -0.2) is 82.6 Å². The van der Waals surface area contributed by atoms with Gasteiger partial charge in [0.05, 0.1) is 32.0 Å². The third-order valence-corrected chi connectivity index (χ3v) is 10.3. The monoisotopic (exact) mass is 838 g/mol. The molecule has 1 aliphatic rings. The second-order valence-corrected chi connectivity index (χ2v) is 17.5. The molecule has 1 heterocycles. The third-order valence-electron chi connectivity index (χ3n) is 8.87. The van der Waals surface area contributed by atoms with Gasteiger partial charge in [-0.2, -0.15) is 0 Å². The fraction of sp³-hybridized carbons (Fsp3) is 0.800. The number of hydrogen-bond acceptors (Lipinski definition) is 11. The van der Waals surface area contributed by atoms with E-state index in [2.05, 4.69) is 54.1 Å². The van der Waals surface area contributed by atoms with E-state index in [0.29, 0.717) is 31.5 Å². The molecule has 16 heteroatoms. The van der Waals surface area contributed by atoms with Crippen LogP contribution in [0.4, 0.5) is 0 Å². The number of unbranched alkanes of at least 4 members (excludes halogenated alkanes) is 10. The Labute approximate surface area is 335 Å². The molecule has 0 saturated carbocycles. The highest BCUT2D eigenvalue weighted by atomic mass is 31.2. The molecule has 0 aromatic rings. The van der Waals surface area contributed by atoms with Crippen molar-refractivity contribution >= 4 is 27.6 Å². The van der Waals surface area contributed by atoms with E-state index >= 15 is 0 Å². The molecule has 0 aromatic carbocycles. The average molecular weight is 839 g/mol. The summed E-state index contributed by atoms with van der Waals surface area (Å²) in [7, 11) is -9.69. The Morgan fingerprint density at radius 1 is 0.679 bits per heavy atom. The van der Waals surface area contributed by atoms with Gasteiger partial charge in [-0.15, -0.1) is 0 Å². The maximum absolute atomic E-state index is 12.6. The molecule has 0 amide bonds. The lowest BCUT2D eigenvalue weighted by molar-refractivity contribution is -0.161. The van der Waals surface area contributed by atoms with Gasteiger partial charge in [-0.25, -0.2) is 9.13 Å². The van der Waals surface area contributed by atoms with E-state index in [1.807, 2.05) is 12.2 Å². The van der Waals surface area contributed by atoms with Gasteiger partial charge in [0, 0.05) is 12.8 Å². The molecule has 56 heavy (non-hydrogen) atoms. The Kier molecular flexibility index (Phi) is 30.1. The minimum atomic E-state index is -4.87. The molecule has 0 aliphatic carbocycles. The lowest BCUT2D eigenvalue weighted by Crippen LogP contribution is -2.29. The molecule has 0 bridgehead atoms. The van der Waals surface area contributed by atoms with E-state index in [1.54, 1.807) is 0 Å². The van der Waals surface area contributed by atoms with E-state index in [1.165, 1.54) is 51.4 Å². The SMILES string of the molecule is CCCCCC1OC1C/C=C\C/C=C\C/C=C\CCCC(=O)O[C@H](COC(=O)CCCCCCCCCCC(C)C)COP(=O)(O)OC[C@@H](O)COP(=O)(O)O. The highest BCUT2D eigenvalue weighted by Gasteiger charge is 2.36. The Bertz CT molecular complexity index is 1220. The van der Waals surface area contributed by atoms with E-state index in [9.17, 15) is 28.7 Å². The van der Waals surface area contributed by atoms with Crippen molar-refractivity contribution in [3.63, 3.8) is 0 Å². The summed E-state index contributed by atoms with van der Waals surface area (Å²) in [5, 5.41) is 9.72. The molecule has 0 aromatic heterocycles. The van der Waals surface area contributed by atoms with E-state index in [-0.39, 0.29) is 12.8 Å². The van der Waals surface area contributed by atoms with Gasteiger partial charge < -0.3 is 34.0 Å². The van der Waals surface area contributed by atoms with Gasteiger partial charge >= 0.3 is 27.6 Å². The maximum Gasteiger partial charge on any atom is 0.472 e. The van der Waals surface area contributed by atoms with Gasteiger partial charge in [0.2, 0.25) is 0 Å². The van der Waals surface area contributed by atoms with Crippen LogP contribution in [0.15, 0.2) is 36.5 Å². The first-order valence-corrected chi connectivity index (χ1v) is 23.7. The molecule has 5 atom stereocenters. The van der Waals surface area contributed by atoms with E-state index in [0.717, 1.165) is 50.9 Å². The Balaban J connectivity index is 2.41. The second-order valence-electron chi connectivity index (χ2n) is 14.8. The topological polar surface area (TPSA) is 208 Å². The number of esters is 2. The van der Waals surface area contributed by atoms with Crippen LogP contribution in [0.3, 0.4) is 0 Å². The van der Waals surface area contributed by atoms with Crippen molar-refractivity contribution in [3.05, 3.63) is 36.5 Å². The van der Waals surface area contributed by atoms with E-state index < -0.39 is 66.2 Å². The zero-order chi connectivity index (χ0) is 41.5. The largest absolute Gasteiger partial charge is 0.472 e. The first kappa shape index (κ1) is 52.3. The number of aliphatic hydroxyl groups is 1. The first-order valence-electron chi connectivity index (χ1n) is 20.7.